The van der Waals surface area contributed by atoms with Gasteiger partial charge in [-0.05, 0) is 44.6 Å². The number of nitrogens with one attached hydrogen (secondary N) is 1. The van der Waals surface area contributed by atoms with Crippen molar-refractivity contribution in [1.82, 2.24) is 5.32 Å². The fourth-order valence-corrected chi connectivity index (χ4v) is 4.31. The maximum absolute atomic E-state index is 12.3. The van der Waals surface area contributed by atoms with E-state index in [2.05, 4.69) is 17.4 Å². The lowest BCUT2D eigenvalue weighted by Gasteiger charge is -2.17. The summed E-state index contributed by atoms with van der Waals surface area (Å²) in [6.07, 6.45) is -0.493. The maximum Gasteiger partial charge on any atom is 0.407 e. The molecule has 0 aliphatic heterocycles. The van der Waals surface area contributed by atoms with E-state index in [0.717, 1.165) is 27.8 Å². The van der Waals surface area contributed by atoms with Crippen molar-refractivity contribution in [2.45, 2.75) is 18.4 Å². The van der Waals surface area contributed by atoms with Crippen molar-refractivity contribution < 1.29 is 19.4 Å². The lowest BCUT2D eigenvalue weighted by molar-refractivity contribution is -0.139. The van der Waals surface area contributed by atoms with E-state index in [0.29, 0.717) is 0 Å². The van der Waals surface area contributed by atoms with Crippen LogP contribution in [0, 0.1) is 0 Å². The van der Waals surface area contributed by atoms with Gasteiger partial charge in [0.2, 0.25) is 0 Å². The van der Waals surface area contributed by atoms with Crippen molar-refractivity contribution in [3.8, 4) is 11.1 Å². The van der Waals surface area contributed by atoms with Gasteiger partial charge in [0.15, 0.2) is 0 Å². The van der Waals surface area contributed by atoms with Gasteiger partial charge in [-0.15, -0.1) is 0 Å². The van der Waals surface area contributed by atoms with Crippen molar-refractivity contribution in [1.29, 1.82) is 0 Å². The third kappa shape index (κ3) is 3.64. The molecule has 1 amide bonds. The number of carbonyl (C=O) groups excluding carboxylic acids is 1. The zero-order valence-electron chi connectivity index (χ0n) is 15.0. The number of fused-ring (bicyclic) bond motifs is 3. The summed E-state index contributed by atoms with van der Waals surface area (Å²) in [5, 5.41) is 15.6. The summed E-state index contributed by atoms with van der Waals surface area (Å²) < 4.78 is 5.43. The molecule has 3 aromatic rings. The molecule has 0 fully saturated rings. The van der Waals surface area contributed by atoms with Gasteiger partial charge in [-0.3, -0.25) is 0 Å². The lowest BCUT2D eigenvalue weighted by Crippen LogP contribution is -2.42. The molecule has 0 saturated heterocycles. The molecule has 2 N–H and O–H groups in total. The molecular weight excluding hydrogens is 374 g/mol. The molecule has 0 saturated carbocycles. The Kier molecular flexibility index (Phi) is 5.12. The van der Waals surface area contributed by atoms with Gasteiger partial charge >= 0.3 is 12.1 Å². The van der Waals surface area contributed by atoms with E-state index >= 15 is 0 Å². The predicted octanol–water partition coefficient (Wildman–Crippen LogP) is 4.28. The second-order valence-electron chi connectivity index (χ2n) is 6.70. The minimum Gasteiger partial charge on any atom is -0.480 e. The number of ether oxygens (including phenoxy) is 1. The molecule has 1 aromatic heterocycles. The highest BCUT2D eigenvalue weighted by Crippen LogP contribution is 2.44. The standard InChI is InChI=1S/C22H19NO4S/c24-21(25)20(11-14-9-10-28-13-14)23-22(26)27-12-19-17-7-3-1-5-15(17)16-6-2-4-8-18(16)19/h1-10,13,19-20H,11-12H2,(H,23,26)(H,24,25)/t20-/m0/s1. The van der Waals surface area contributed by atoms with Crippen molar-refractivity contribution in [3.05, 3.63) is 82.0 Å². The van der Waals surface area contributed by atoms with Gasteiger partial charge in [-0.1, -0.05) is 48.5 Å². The highest BCUT2D eigenvalue weighted by atomic mass is 32.1. The normalized spacial score (nSPS) is 13.4. The number of carboxylic acid groups (broad SMARTS) is 1. The second kappa shape index (κ2) is 7.86. The van der Waals surface area contributed by atoms with Gasteiger partial charge in [0.05, 0.1) is 0 Å². The fraction of sp³-hybridized carbons (Fsp3) is 0.182. The van der Waals surface area contributed by atoms with Crippen LogP contribution in [0.15, 0.2) is 65.4 Å². The Bertz CT molecular complexity index is 954. The van der Waals surface area contributed by atoms with E-state index in [-0.39, 0.29) is 18.9 Å². The summed E-state index contributed by atoms with van der Waals surface area (Å²) >= 11 is 1.49. The molecule has 1 aliphatic rings. The number of thiophene rings is 1. The Balaban J connectivity index is 1.44. The number of benzene rings is 2. The van der Waals surface area contributed by atoms with Crippen molar-refractivity contribution in [3.63, 3.8) is 0 Å². The Labute approximate surface area is 166 Å². The second-order valence-corrected chi connectivity index (χ2v) is 7.48. The van der Waals surface area contributed by atoms with Gasteiger partial charge < -0.3 is 15.2 Å². The van der Waals surface area contributed by atoms with E-state index in [4.69, 9.17) is 4.74 Å². The molecule has 28 heavy (non-hydrogen) atoms. The fourth-order valence-electron chi connectivity index (χ4n) is 3.63. The minimum absolute atomic E-state index is 0.0571. The van der Waals surface area contributed by atoms with Crippen LogP contribution in [0.5, 0.6) is 0 Å². The van der Waals surface area contributed by atoms with Crippen molar-refractivity contribution in [2.75, 3.05) is 6.61 Å². The van der Waals surface area contributed by atoms with E-state index in [9.17, 15) is 14.7 Å². The summed E-state index contributed by atoms with van der Waals surface area (Å²) in [7, 11) is 0. The van der Waals surface area contributed by atoms with Crippen LogP contribution >= 0.6 is 11.3 Å². The topological polar surface area (TPSA) is 75.6 Å². The summed E-state index contributed by atoms with van der Waals surface area (Å²) in [5.74, 6) is -1.14. The summed E-state index contributed by atoms with van der Waals surface area (Å²) in [4.78, 5) is 23.8. The molecule has 1 atom stereocenters. The molecule has 4 rings (SSSR count). The third-order valence-electron chi connectivity index (χ3n) is 4.95. The van der Waals surface area contributed by atoms with Gasteiger partial charge in [0.25, 0.3) is 0 Å². The number of hydrogen-bond acceptors (Lipinski definition) is 4. The Morgan fingerprint density at radius 3 is 2.25 bits per heavy atom. The lowest BCUT2D eigenvalue weighted by atomic mass is 9.98. The molecule has 5 nitrogen and oxygen atoms in total. The molecule has 0 radical (unpaired) electrons. The number of carboxylic acids is 1. The van der Waals surface area contributed by atoms with Crippen LogP contribution in [0.4, 0.5) is 4.79 Å². The van der Waals surface area contributed by atoms with Crippen LogP contribution in [-0.4, -0.2) is 29.8 Å². The largest absolute Gasteiger partial charge is 0.480 e. The number of aliphatic carboxylic acids is 1. The van der Waals surface area contributed by atoms with E-state index < -0.39 is 18.1 Å². The molecule has 6 heteroatoms. The zero-order chi connectivity index (χ0) is 19.5. The predicted molar refractivity (Wildman–Crippen MR) is 108 cm³/mol. The first-order chi connectivity index (χ1) is 13.6. The number of hydrogen-bond donors (Lipinski definition) is 2. The maximum atomic E-state index is 12.3. The van der Waals surface area contributed by atoms with Gasteiger partial charge in [-0.25, -0.2) is 9.59 Å². The molecule has 0 spiro atoms. The van der Waals surface area contributed by atoms with E-state index in [1.165, 1.54) is 11.3 Å². The van der Waals surface area contributed by atoms with Crippen LogP contribution in [0.1, 0.15) is 22.6 Å². The van der Waals surface area contributed by atoms with Crippen LogP contribution in [0.3, 0.4) is 0 Å². The van der Waals surface area contributed by atoms with Crippen LogP contribution in [0.2, 0.25) is 0 Å². The molecule has 0 unspecified atom stereocenters. The van der Waals surface area contributed by atoms with Crippen molar-refractivity contribution in [2.24, 2.45) is 0 Å². The smallest absolute Gasteiger partial charge is 0.407 e. The minimum atomic E-state index is -1.08. The Morgan fingerprint density at radius 2 is 1.68 bits per heavy atom. The van der Waals surface area contributed by atoms with Crippen LogP contribution in [-0.2, 0) is 16.0 Å². The summed E-state index contributed by atoms with van der Waals surface area (Å²) in [5.41, 5.74) is 5.39. The van der Waals surface area contributed by atoms with Crippen molar-refractivity contribution >= 4 is 23.4 Å². The first kappa shape index (κ1) is 18.3. The Hall–Kier alpha value is -3.12. The highest BCUT2D eigenvalue weighted by molar-refractivity contribution is 7.07. The first-order valence-corrected chi connectivity index (χ1v) is 9.93. The molecule has 1 aliphatic carbocycles. The number of alkyl carbamates (subject to hydrolysis) is 1. The zero-order valence-corrected chi connectivity index (χ0v) is 15.8. The molecule has 2 aromatic carbocycles. The average Bonchev–Trinajstić information content (AvgIpc) is 3.32. The SMILES string of the molecule is O=C(N[C@@H](Cc1ccsc1)C(=O)O)OCC1c2ccccc2-c2ccccc21. The van der Waals surface area contributed by atoms with Gasteiger partial charge in [-0.2, -0.15) is 11.3 Å². The molecule has 142 valence electrons. The average molecular weight is 393 g/mol. The molecular formula is C22H19NO4S. The quantitative estimate of drug-likeness (QED) is 0.655. The van der Waals surface area contributed by atoms with Gasteiger partial charge in [0, 0.05) is 12.3 Å². The third-order valence-corrected chi connectivity index (χ3v) is 5.69. The summed E-state index contributed by atoms with van der Waals surface area (Å²) in [6.45, 7) is 0.157. The summed E-state index contributed by atoms with van der Waals surface area (Å²) in [6, 6.07) is 17.0. The van der Waals surface area contributed by atoms with E-state index in [1.54, 1.807) is 0 Å². The van der Waals surface area contributed by atoms with Gasteiger partial charge in [0.1, 0.15) is 12.6 Å². The molecule has 0 bridgehead atoms. The Morgan fingerprint density at radius 1 is 1.04 bits per heavy atom. The number of rotatable bonds is 6. The van der Waals surface area contributed by atoms with Crippen LogP contribution < -0.4 is 5.32 Å². The first-order valence-electron chi connectivity index (χ1n) is 8.99. The number of carbonyl (C=O) groups is 2. The van der Waals surface area contributed by atoms with Crippen LogP contribution in [0.25, 0.3) is 11.1 Å². The molecule has 1 heterocycles. The van der Waals surface area contributed by atoms with E-state index in [1.807, 2.05) is 53.2 Å². The number of amides is 1. The monoisotopic (exact) mass is 393 g/mol. The highest BCUT2D eigenvalue weighted by Gasteiger charge is 2.29.